The summed E-state index contributed by atoms with van der Waals surface area (Å²) >= 11 is 0. The molecule has 1 rings (SSSR count). The fraction of sp³-hybridized carbons (Fsp3) is 0.800. The maximum atomic E-state index is 6.12. The molecule has 0 saturated carbocycles. The highest BCUT2D eigenvalue weighted by Gasteiger charge is 2.27. The monoisotopic (exact) mass is 199 g/mol. The van der Waals surface area contributed by atoms with Gasteiger partial charge in [-0.15, -0.1) is 6.58 Å². The molecule has 1 aliphatic rings. The van der Waals surface area contributed by atoms with E-state index in [-0.39, 0.29) is 0 Å². The van der Waals surface area contributed by atoms with Crippen molar-refractivity contribution in [3.8, 4) is 0 Å². The fourth-order valence-corrected chi connectivity index (χ4v) is 4.00. The first-order valence-corrected chi connectivity index (χ1v) is 8.25. The standard InChI is InChI=1S/C10H21NOSi/c1-4-6-10-9-11-7-5-8-13(2,3)12-10/h4,10-11H,1,5-9H2,2-3H3. The summed E-state index contributed by atoms with van der Waals surface area (Å²) in [7, 11) is -1.36. The van der Waals surface area contributed by atoms with Crippen molar-refractivity contribution < 1.29 is 4.43 Å². The lowest BCUT2D eigenvalue weighted by atomic mass is 10.2. The summed E-state index contributed by atoms with van der Waals surface area (Å²) in [6.45, 7) is 10.5. The summed E-state index contributed by atoms with van der Waals surface area (Å²) in [5.41, 5.74) is 0. The van der Waals surface area contributed by atoms with Gasteiger partial charge in [0, 0.05) is 6.54 Å². The lowest BCUT2D eigenvalue weighted by molar-refractivity contribution is 0.184. The van der Waals surface area contributed by atoms with Crippen molar-refractivity contribution in [2.24, 2.45) is 0 Å². The normalized spacial score (nSPS) is 28.9. The fourth-order valence-electron chi connectivity index (χ4n) is 1.77. The van der Waals surface area contributed by atoms with Crippen LogP contribution in [0.2, 0.25) is 19.1 Å². The summed E-state index contributed by atoms with van der Waals surface area (Å²) in [5.74, 6) is 0. The van der Waals surface area contributed by atoms with Gasteiger partial charge in [-0.05, 0) is 38.5 Å². The van der Waals surface area contributed by atoms with Gasteiger partial charge in [0.15, 0.2) is 8.32 Å². The molecule has 1 heterocycles. The Morgan fingerprint density at radius 2 is 2.38 bits per heavy atom. The largest absolute Gasteiger partial charge is 0.413 e. The molecule has 1 saturated heterocycles. The Bertz CT molecular complexity index is 170. The van der Waals surface area contributed by atoms with Crippen LogP contribution in [0, 0.1) is 0 Å². The van der Waals surface area contributed by atoms with E-state index in [1.54, 1.807) is 0 Å². The summed E-state index contributed by atoms with van der Waals surface area (Å²) in [5, 5.41) is 3.41. The first-order valence-electron chi connectivity index (χ1n) is 5.13. The summed E-state index contributed by atoms with van der Waals surface area (Å²) in [6.07, 6.45) is 4.56. The molecule has 1 aliphatic heterocycles. The van der Waals surface area contributed by atoms with Crippen LogP contribution in [0.25, 0.3) is 0 Å². The van der Waals surface area contributed by atoms with Crippen LogP contribution in [-0.4, -0.2) is 27.5 Å². The van der Waals surface area contributed by atoms with Crippen molar-refractivity contribution in [3.05, 3.63) is 12.7 Å². The molecule has 13 heavy (non-hydrogen) atoms. The van der Waals surface area contributed by atoms with Crippen molar-refractivity contribution >= 4 is 8.32 Å². The smallest absolute Gasteiger partial charge is 0.187 e. The Hall–Kier alpha value is -0.123. The topological polar surface area (TPSA) is 21.3 Å². The Labute approximate surface area is 82.5 Å². The summed E-state index contributed by atoms with van der Waals surface area (Å²) in [6, 6.07) is 1.27. The van der Waals surface area contributed by atoms with E-state index < -0.39 is 8.32 Å². The Morgan fingerprint density at radius 1 is 1.62 bits per heavy atom. The van der Waals surface area contributed by atoms with E-state index in [2.05, 4.69) is 25.0 Å². The van der Waals surface area contributed by atoms with Crippen LogP contribution in [0.15, 0.2) is 12.7 Å². The average Bonchev–Trinajstić information content (AvgIpc) is 2.00. The molecule has 0 amide bonds. The van der Waals surface area contributed by atoms with Crippen LogP contribution in [0.1, 0.15) is 12.8 Å². The molecule has 0 aromatic carbocycles. The average molecular weight is 199 g/mol. The Kier molecular flexibility index (Phi) is 4.16. The summed E-state index contributed by atoms with van der Waals surface area (Å²) in [4.78, 5) is 0. The molecular formula is C10H21NOSi. The van der Waals surface area contributed by atoms with Gasteiger partial charge >= 0.3 is 0 Å². The molecule has 0 aromatic heterocycles. The van der Waals surface area contributed by atoms with Gasteiger partial charge in [-0.2, -0.15) is 0 Å². The third-order valence-electron chi connectivity index (χ3n) is 2.42. The second kappa shape index (κ2) is 4.93. The highest BCUT2D eigenvalue weighted by molar-refractivity contribution is 6.71. The highest BCUT2D eigenvalue weighted by atomic mass is 28.4. The zero-order valence-electron chi connectivity index (χ0n) is 8.81. The van der Waals surface area contributed by atoms with Crippen LogP contribution in [0.4, 0.5) is 0 Å². The quantitative estimate of drug-likeness (QED) is 0.543. The van der Waals surface area contributed by atoms with Gasteiger partial charge < -0.3 is 9.74 Å². The van der Waals surface area contributed by atoms with Crippen molar-refractivity contribution in [3.63, 3.8) is 0 Å². The number of rotatable bonds is 2. The molecule has 3 heteroatoms. The number of nitrogens with one attached hydrogen (secondary N) is 1. The molecule has 0 aromatic rings. The highest BCUT2D eigenvalue weighted by Crippen LogP contribution is 2.18. The van der Waals surface area contributed by atoms with E-state index >= 15 is 0 Å². The summed E-state index contributed by atoms with van der Waals surface area (Å²) < 4.78 is 6.12. The predicted molar refractivity (Wildman–Crippen MR) is 59.5 cm³/mol. The van der Waals surface area contributed by atoms with E-state index in [9.17, 15) is 0 Å². The van der Waals surface area contributed by atoms with Gasteiger partial charge in [0.05, 0.1) is 6.10 Å². The minimum absolute atomic E-state index is 0.361. The van der Waals surface area contributed by atoms with E-state index in [1.807, 2.05) is 6.08 Å². The SMILES string of the molecule is C=CCC1CNCCC[Si](C)(C)O1. The van der Waals surface area contributed by atoms with Crippen molar-refractivity contribution in [1.29, 1.82) is 0 Å². The van der Waals surface area contributed by atoms with Crippen LogP contribution in [0.3, 0.4) is 0 Å². The minimum Gasteiger partial charge on any atom is -0.413 e. The van der Waals surface area contributed by atoms with Gasteiger partial charge in [0.25, 0.3) is 0 Å². The molecule has 0 radical (unpaired) electrons. The van der Waals surface area contributed by atoms with E-state index in [0.717, 1.165) is 19.5 Å². The van der Waals surface area contributed by atoms with Gasteiger partial charge in [0.1, 0.15) is 0 Å². The lowest BCUT2D eigenvalue weighted by Gasteiger charge is -2.31. The Morgan fingerprint density at radius 3 is 3.08 bits per heavy atom. The van der Waals surface area contributed by atoms with Crippen molar-refractivity contribution in [2.45, 2.75) is 38.1 Å². The molecule has 0 spiro atoms. The predicted octanol–water partition coefficient (Wildman–Crippen LogP) is 2.15. The molecule has 1 N–H and O–H groups in total. The van der Waals surface area contributed by atoms with E-state index in [1.165, 1.54) is 12.5 Å². The molecule has 76 valence electrons. The van der Waals surface area contributed by atoms with Crippen molar-refractivity contribution in [2.75, 3.05) is 13.1 Å². The first-order chi connectivity index (χ1) is 6.14. The molecule has 0 bridgehead atoms. The third-order valence-corrected chi connectivity index (χ3v) is 4.95. The van der Waals surface area contributed by atoms with Gasteiger partial charge in [-0.3, -0.25) is 0 Å². The molecule has 1 fully saturated rings. The minimum atomic E-state index is -1.36. The van der Waals surface area contributed by atoms with Gasteiger partial charge in [-0.1, -0.05) is 6.08 Å². The van der Waals surface area contributed by atoms with Crippen LogP contribution < -0.4 is 5.32 Å². The maximum Gasteiger partial charge on any atom is 0.187 e. The van der Waals surface area contributed by atoms with Crippen LogP contribution in [-0.2, 0) is 4.43 Å². The third kappa shape index (κ3) is 4.07. The zero-order valence-corrected chi connectivity index (χ0v) is 9.81. The maximum absolute atomic E-state index is 6.12. The van der Waals surface area contributed by atoms with Gasteiger partial charge in [-0.25, -0.2) is 0 Å². The molecule has 2 nitrogen and oxygen atoms in total. The van der Waals surface area contributed by atoms with Crippen molar-refractivity contribution in [1.82, 2.24) is 5.32 Å². The zero-order chi connectivity index (χ0) is 9.73. The molecule has 0 aliphatic carbocycles. The van der Waals surface area contributed by atoms with E-state index in [4.69, 9.17) is 4.43 Å². The molecular weight excluding hydrogens is 178 g/mol. The molecule has 1 atom stereocenters. The lowest BCUT2D eigenvalue weighted by Crippen LogP contribution is -2.43. The van der Waals surface area contributed by atoms with Gasteiger partial charge in [0.2, 0.25) is 0 Å². The van der Waals surface area contributed by atoms with Crippen LogP contribution >= 0.6 is 0 Å². The first kappa shape index (κ1) is 11.0. The second-order valence-electron chi connectivity index (χ2n) is 4.33. The van der Waals surface area contributed by atoms with Crippen LogP contribution in [0.5, 0.6) is 0 Å². The second-order valence-corrected chi connectivity index (χ2v) is 8.59. The van der Waals surface area contributed by atoms with E-state index in [0.29, 0.717) is 6.10 Å². The number of hydrogen-bond acceptors (Lipinski definition) is 2. The Balaban J connectivity index is 2.47. The molecule has 1 unspecified atom stereocenters. The number of hydrogen-bond donors (Lipinski definition) is 1.